The van der Waals surface area contributed by atoms with Crippen molar-refractivity contribution >= 4 is 29.9 Å². The summed E-state index contributed by atoms with van der Waals surface area (Å²) in [6, 6.07) is 3.32. The lowest BCUT2D eigenvalue weighted by Crippen LogP contribution is -2.41. The number of guanidine groups is 1. The van der Waals surface area contributed by atoms with Gasteiger partial charge in [-0.2, -0.15) is 8.78 Å². The number of alkyl halides is 2. The average molecular weight is 469 g/mol. The van der Waals surface area contributed by atoms with E-state index in [0.29, 0.717) is 29.1 Å². The smallest absolute Gasteiger partial charge is 0.387 e. The summed E-state index contributed by atoms with van der Waals surface area (Å²) in [5.41, 5.74) is 6.38. The SMILES string of the molecule is I.NC(=NCc1cc2c(cc1OC(F)F)OCO2)NC1CCCCC1. The zero-order valence-corrected chi connectivity index (χ0v) is 16.0. The fraction of sp³-hybridized carbons (Fsp3) is 0.562. The van der Waals surface area contributed by atoms with Gasteiger partial charge in [-0.15, -0.1) is 24.0 Å². The van der Waals surface area contributed by atoms with Crippen molar-refractivity contribution in [1.82, 2.24) is 5.32 Å². The lowest BCUT2D eigenvalue weighted by Gasteiger charge is -2.23. The Hall–Kier alpha value is -1.52. The minimum Gasteiger partial charge on any atom is -0.454 e. The Bertz CT molecular complexity index is 611. The highest BCUT2D eigenvalue weighted by Gasteiger charge is 2.20. The van der Waals surface area contributed by atoms with Gasteiger partial charge in [0.15, 0.2) is 17.5 Å². The van der Waals surface area contributed by atoms with Gasteiger partial charge in [0.2, 0.25) is 6.79 Å². The predicted octanol–water partition coefficient (Wildman–Crippen LogP) is 3.37. The summed E-state index contributed by atoms with van der Waals surface area (Å²) in [4.78, 5) is 4.24. The third-order valence-electron chi connectivity index (χ3n) is 4.15. The minimum atomic E-state index is -2.93. The van der Waals surface area contributed by atoms with Crippen molar-refractivity contribution in [2.45, 2.75) is 51.3 Å². The number of rotatable bonds is 5. The number of nitrogens with one attached hydrogen (secondary N) is 1. The molecule has 1 aromatic carbocycles. The number of hydrogen-bond donors (Lipinski definition) is 2. The van der Waals surface area contributed by atoms with Crippen LogP contribution in [0.5, 0.6) is 17.2 Å². The summed E-state index contributed by atoms with van der Waals surface area (Å²) < 4.78 is 40.2. The molecule has 1 heterocycles. The first-order valence-corrected chi connectivity index (χ1v) is 8.05. The number of ether oxygens (including phenoxy) is 3. The van der Waals surface area contributed by atoms with Gasteiger partial charge >= 0.3 is 6.61 Å². The van der Waals surface area contributed by atoms with E-state index in [4.69, 9.17) is 15.2 Å². The number of fused-ring (bicyclic) bond motifs is 1. The molecule has 0 spiro atoms. The molecular weight excluding hydrogens is 447 g/mol. The van der Waals surface area contributed by atoms with E-state index in [1.165, 1.54) is 25.3 Å². The lowest BCUT2D eigenvalue weighted by molar-refractivity contribution is -0.0504. The van der Waals surface area contributed by atoms with Crippen molar-refractivity contribution in [2.24, 2.45) is 10.7 Å². The molecule has 9 heteroatoms. The van der Waals surface area contributed by atoms with Gasteiger partial charge in [-0.05, 0) is 18.9 Å². The highest BCUT2D eigenvalue weighted by Crippen LogP contribution is 2.39. The van der Waals surface area contributed by atoms with Crippen molar-refractivity contribution in [3.8, 4) is 17.2 Å². The van der Waals surface area contributed by atoms with E-state index in [-0.39, 0.29) is 43.1 Å². The second kappa shape index (κ2) is 9.25. The van der Waals surface area contributed by atoms with Crippen molar-refractivity contribution in [3.63, 3.8) is 0 Å². The molecule has 3 rings (SSSR count). The molecule has 0 aromatic heterocycles. The summed E-state index contributed by atoms with van der Waals surface area (Å²) in [6.45, 7) is -2.75. The van der Waals surface area contributed by atoms with Gasteiger partial charge in [-0.1, -0.05) is 19.3 Å². The molecular formula is C16H22F2IN3O3. The van der Waals surface area contributed by atoms with Gasteiger partial charge in [0, 0.05) is 17.7 Å². The zero-order chi connectivity index (χ0) is 16.9. The highest BCUT2D eigenvalue weighted by atomic mass is 127. The van der Waals surface area contributed by atoms with Gasteiger partial charge in [0.05, 0.1) is 6.54 Å². The van der Waals surface area contributed by atoms with Gasteiger partial charge in [0.1, 0.15) is 5.75 Å². The Balaban J connectivity index is 0.00000225. The van der Waals surface area contributed by atoms with Crippen LogP contribution < -0.4 is 25.3 Å². The minimum absolute atomic E-state index is 0. The Labute approximate surface area is 162 Å². The first kappa shape index (κ1) is 19.8. The molecule has 25 heavy (non-hydrogen) atoms. The summed E-state index contributed by atoms with van der Waals surface area (Å²) >= 11 is 0. The molecule has 0 radical (unpaired) electrons. The summed E-state index contributed by atoms with van der Waals surface area (Å²) in [6.07, 6.45) is 5.75. The van der Waals surface area contributed by atoms with Crippen LogP contribution >= 0.6 is 24.0 Å². The van der Waals surface area contributed by atoms with Crippen molar-refractivity contribution in [3.05, 3.63) is 17.7 Å². The van der Waals surface area contributed by atoms with Crippen LogP contribution in [0.2, 0.25) is 0 Å². The van der Waals surface area contributed by atoms with E-state index >= 15 is 0 Å². The van der Waals surface area contributed by atoms with Crippen molar-refractivity contribution < 1.29 is 23.0 Å². The second-order valence-corrected chi connectivity index (χ2v) is 5.87. The highest BCUT2D eigenvalue weighted by molar-refractivity contribution is 14.0. The van der Waals surface area contributed by atoms with Crippen LogP contribution in [-0.2, 0) is 6.54 Å². The van der Waals surface area contributed by atoms with Crippen LogP contribution in [0.25, 0.3) is 0 Å². The summed E-state index contributed by atoms with van der Waals surface area (Å²) in [5, 5.41) is 3.18. The third kappa shape index (κ3) is 5.48. The number of halogens is 3. The van der Waals surface area contributed by atoms with Gasteiger partial charge in [-0.25, -0.2) is 4.99 Å². The van der Waals surface area contributed by atoms with E-state index in [0.717, 1.165) is 12.8 Å². The standard InChI is InChI=1S/C16H21F2N3O3.HI/c17-15(18)24-12-7-14-13(22-9-23-14)6-10(12)8-20-16(19)21-11-4-2-1-3-5-11;/h6-7,11,15H,1-5,8-9H2,(H3,19,20,21);1H. The van der Waals surface area contributed by atoms with Crippen LogP contribution in [0, 0.1) is 0 Å². The second-order valence-electron chi connectivity index (χ2n) is 5.87. The number of benzene rings is 1. The maximum Gasteiger partial charge on any atom is 0.387 e. The van der Waals surface area contributed by atoms with Crippen molar-refractivity contribution in [2.75, 3.05) is 6.79 Å². The van der Waals surface area contributed by atoms with Crippen molar-refractivity contribution in [1.29, 1.82) is 0 Å². The number of hydrogen-bond acceptors (Lipinski definition) is 4. The Kier molecular flexibility index (Phi) is 7.33. The van der Waals surface area contributed by atoms with E-state index in [1.54, 1.807) is 6.07 Å². The molecule has 2 aliphatic rings. The molecule has 1 aliphatic heterocycles. The first-order chi connectivity index (χ1) is 11.6. The van der Waals surface area contributed by atoms with Gasteiger partial charge in [0.25, 0.3) is 0 Å². The fourth-order valence-electron chi connectivity index (χ4n) is 2.97. The molecule has 1 saturated carbocycles. The number of nitrogens with two attached hydrogens (primary N) is 1. The van der Waals surface area contributed by atoms with Crippen LogP contribution in [0.3, 0.4) is 0 Å². The molecule has 0 bridgehead atoms. The summed E-state index contributed by atoms with van der Waals surface area (Å²) in [7, 11) is 0. The molecule has 0 atom stereocenters. The van der Waals surface area contributed by atoms with E-state index < -0.39 is 6.61 Å². The Morgan fingerprint density at radius 3 is 2.60 bits per heavy atom. The monoisotopic (exact) mass is 469 g/mol. The maximum absolute atomic E-state index is 12.6. The molecule has 0 saturated heterocycles. The Morgan fingerprint density at radius 2 is 1.92 bits per heavy atom. The van der Waals surface area contributed by atoms with Crippen LogP contribution in [0.15, 0.2) is 17.1 Å². The molecule has 0 unspecified atom stereocenters. The molecule has 1 aromatic rings. The van der Waals surface area contributed by atoms with E-state index in [9.17, 15) is 8.78 Å². The normalized spacial score (nSPS) is 17.3. The van der Waals surface area contributed by atoms with Gasteiger partial charge < -0.3 is 25.3 Å². The molecule has 0 amide bonds. The first-order valence-electron chi connectivity index (χ1n) is 8.05. The lowest BCUT2D eigenvalue weighted by atomic mass is 9.96. The molecule has 1 fully saturated rings. The third-order valence-corrected chi connectivity index (χ3v) is 4.15. The molecule has 6 nitrogen and oxygen atoms in total. The largest absolute Gasteiger partial charge is 0.454 e. The molecule has 3 N–H and O–H groups in total. The predicted molar refractivity (Wildman–Crippen MR) is 99.9 cm³/mol. The average Bonchev–Trinajstić information content (AvgIpc) is 3.00. The maximum atomic E-state index is 12.6. The van der Waals surface area contributed by atoms with E-state index in [2.05, 4.69) is 15.0 Å². The number of nitrogens with zero attached hydrogens (tertiary/aromatic N) is 1. The molecule has 1 aliphatic carbocycles. The van der Waals surface area contributed by atoms with Crippen LogP contribution in [0.4, 0.5) is 8.78 Å². The topological polar surface area (TPSA) is 78.1 Å². The van der Waals surface area contributed by atoms with E-state index in [1.807, 2.05) is 0 Å². The Morgan fingerprint density at radius 1 is 1.24 bits per heavy atom. The molecule has 140 valence electrons. The van der Waals surface area contributed by atoms with Gasteiger partial charge in [-0.3, -0.25) is 0 Å². The van der Waals surface area contributed by atoms with Crippen LogP contribution in [0.1, 0.15) is 37.7 Å². The zero-order valence-electron chi connectivity index (χ0n) is 13.7. The number of aliphatic imine (C=N–C) groups is 1. The quantitative estimate of drug-likeness (QED) is 0.393. The summed E-state index contributed by atoms with van der Waals surface area (Å²) in [5.74, 6) is 1.19. The van der Waals surface area contributed by atoms with Crippen LogP contribution in [-0.4, -0.2) is 25.4 Å². The fourth-order valence-corrected chi connectivity index (χ4v) is 2.97.